The molecule has 0 unspecified atom stereocenters. The van der Waals surface area contributed by atoms with Crippen molar-refractivity contribution in [2.75, 3.05) is 0 Å². The zero-order valence-corrected chi connectivity index (χ0v) is 11.2. The molecule has 1 rings (SSSR count). The van der Waals surface area contributed by atoms with E-state index in [1.807, 2.05) is 0 Å². The first-order valence-corrected chi connectivity index (χ1v) is 5.68. The predicted octanol–water partition coefficient (Wildman–Crippen LogP) is 4.28. The number of carbonyl (C=O) groups is 1. The van der Waals surface area contributed by atoms with Gasteiger partial charge in [-0.05, 0) is 41.6 Å². The van der Waals surface area contributed by atoms with Crippen LogP contribution in [0.3, 0.4) is 0 Å². The fourth-order valence-corrected chi connectivity index (χ4v) is 2.56. The lowest BCUT2D eigenvalue weighted by atomic mass is 10.0. The topological polar surface area (TPSA) is 17.1 Å². The molecule has 0 aromatic heterocycles. The molecule has 1 nitrogen and oxygen atoms in total. The molecule has 0 spiro atoms. The van der Waals surface area contributed by atoms with E-state index < -0.39 is 17.5 Å². The quantitative estimate of drug-likeness (QED) is 0.515. The van der Waals surface area contributed by atoms with Crippen LogP contribution in [0.1, 0.15) is 22.8 Å². The zero-order chi connectivity index (χ0) is 11.8. The van der Waals surface area contributed by atoms with Gasteiger partial charge >= 0.3 is 6.18 Å². The normalized spacial score (nSPS) is 11.6. The summed E-state index contributed by atoms with van der Waals surface area (Å²) in [6, 6.07) is 2.76. The van der Waals surface area contributed by atoms with Gasteiger partial charge in [0.1, 0.15) is 0 Å². The van der Waals surface area contributed by atoms with Crippen molar-refractivity contribution in [1.29, 1.82) is 0 Å². The van der Waals surface area contributed by atoms with Gasteiger partial charge in [0.2, 0.25) is 0 Å². The minimum atomic E-state index is -4.53. The highest BCUT2D eigenvalue weighted by Gasteiger charge is 2.37. The van der Waals surface area contributed by atoms with Gasteiger partial charge < -0.3 is 0 Å². The third-order valence-electron chi connectivity index (χ3n) is 1.74. The third-order valence-corrected chi connectivity index (χ3v) is 3.30. The van der Waals surface area contributed by atoms with Crippen LogP contribution in [0.15, 0.2) is 16.6 Å². The number of carbonyl (C=O) groups excluding carboxylic acids is 1. The second-order valence-corrected chi connectivity index (χ2v) is 4.85. The average Bonchev–Trinajstić information content (AvgIpc) is 2.05. The van der Waals surface area contributed by atoms with Gasteiger partial charge in [-0.2, -0.15) is 13.2 Å². The largest absolute Gasteiger partial charge is 0.418 e. The molecule has 0 amide bonds. The molecule has 82 valence electrons. The van der Waals surface area contributed by atoms with Crippen LogP contribution in [-0.2, 0) is 6.18 Å². The summed E-state index contributed by atoms with van der Waals surface area (Å²) in [4.78, 5) is 11.2. The fourth-order valence-electron chi connectivity index (χ4n) is 1.17. The van der Waals surface area contributed by atoms with E-state index >= 15 is 0 Å². The first-order valence-electron chi connectivity index (χ1n) is 3.81. The van der Waals surface area contributed by atoms with Crippen LogP contribution in [0, 0.1) is 3.57 Å². The smallest absolute Gasteiger partial charge is 0.294 e. The minimum absolute atomic E-state index is 0.111. The molecular weight excluding hydrogens is 388 g/mol. The van der Waals surface area contributed by atoms with Crippen molar-refractivity contribution in [3.8, 4) is 0 Å². The summed E-state index contributed by atoms with van der Waals surface area (Å²) < 4.78 is 38.2. The maximum Gasteiger partial charge on any atom is 0.418 e. The van der Waals surface area contributed by atoms with E-state index in [0.717, 1.165) is 6.92 Å². The summed E-state index contributed by atoms with van der Waals surface area (Å²) in [5.74, 6) is -0.590. The maximum atomic E-state index is 12.7. The number of halogens is 5. The predicted molar refractivity (Wildman–Crippen MR) is 61.9 cm³/mol. The van der Waals surface area contributed by atoms with Crippen molar-refractivity contribution in [1.82, 2.24) is 0 Å². The highest BCUT2D eigenvalue weighted by molar-refractivity contribution is 14.1. The van der Waals surface area contributed by atoms with Crippen molar-refractivity contribution in [2.45, 2.75) is 13.1 Å². The van der Waals surface area contributed by atoms with Gasteiger partial charge in [0, 0.05) is 13.6 Å². The van der Waals surface area contributed by atoms with E-state index in [4.69, 9.17) is 0 Å². The van der Waals surface area contributed by atoms with Crippen LogP contribution in [-0.4, -0.2) is 5.78 Å². The lowest BCUT2D eigenvalue weighted by Gasteiger charge is -2.14. The van der Waals surface area contributed by atoms with Gasteiger partial charge in [-0.1, -0.05) is 15.9 Å². The van der Waals surface area contributed by atoms with E-state index in [9.17, 15) is 18.0 Å². The first kappa shape index (κ1) is 13.0. The standard InChI is InChI=1S/C9H5BrF3IO/c1-4(15)7-6(14)3-2-5(10)8(7)9(11,12)13/h2-3H,1H3. The van der Waals surface area contributed by atoms with Gasteiger partial charge in [-0.25, -0.2) is 0 Å². The summed E-state index contributed by atoms with van der Waals surface area (Å²) >= 11 is 4.53. The van der Waals surface area contributed by atoms with Crippen molar-refractivity contribution in [3.05, 3.63) is 31.3 Å². The Kier molecular flexibility index (Phi) is 3.80. The second kappa shape index (κ2) is 4.40. The number of hydrogen-bond donors (Lipinski definition) is 0. The van der Waals surface area contributed by atoms with Gasteiger partial charge in [0.15, 0.2) is 5.78 Å². The second-order valence-electron chi connectivity index (χ2n) is 2.83. The molecule has 1 aromatic rings. The fraction of sp³-hybridized carbons (Fsp3) is 0.222. The highest BCUT2D eigenvalue weighted by Crippen LogP contribution is 2.39. The SMILES string of the molecule is CC(=O)c1c(I)ccc(Br)c1C(F)(F)F. The summed E-state index contributed by atoms with van der Waals surface area (Å²) in [5, 5.41) is 0. The number of rotatable bonds is 1. The molecule has 0 radical (unpaired) electrons. The molecule has 0 saturated heterocycles. The molecular formula is C9H5BrF3IO. The van der Waals surface area contributed by atoms with E-state index in [0.29, 0.717) is 3.57 Å². The molecule has 0 aliphatic rings. The van der Waals surface area contributed by atoms with E-state index in [2.05, 4.69) is 15.9 Å². The summed E-state index contributed by atoms with van der Waals surface area (Å²) in [6.45, 7) is 1.12. The van der Waals surface area contributed by atoms with Gasteiger partial charge in [0.25, 0.3) is 0 Å². The average molecular weight is 393 g/mol. The van der Waals surface area contributed by atoms with Gasteiger partial charge in [-0.15, -0.1) is 0 Å². The van der Waals surface area contributed by atoms with Crippen molar-refractivity contribution < 1.29 is 18.0 Å². The molecule has 1 aromatic carbocycles. The third kappa shape index (κ3) is 2.72. The van der Waals surface area contributed by atoms with Gasteiger partial charge in [-0.3, -0.25) is 4.79 Å². The number of hydrogen-bond acceptors (Lipinski definition) is 1. The number of ketones is 1. The summed E-state index contributed by atoms with van der Waals surface area (Å²) in [6.07, 6.45) is -4.53. The van der Waals surface area contributed by atoms with Gasteiger partial charge in [0.05, 0.1) is 5.56 Å². The number of benzene rings is 1. The molecule has 0 fully saturated rings. The molecule has 0 bridgehead atoms. The number of Topliss-reactive ketones (excluding diaryl/α,β-unsaturated/α-hetero) is 1. The number of alkyl halides is 3. The Hall–Kier alpha value is -0.110. The summed E-state index contributed by atoms with van der Waals surface area (Å²) in [5.41, 5.74) is -1.18. The lowest BCUT2D eigenvalue weighted by Crippen LogP contribution is -2.14. The van der Waals surface area contributed by atoms with Crippen LogP contribution in [0.5, 0.6) is 0 Å². The van der Waals surface area contributed by atoms with Crippen LogP contribution in [0.4, 0.5) is 13.2 Å². The lowest BCUT2D eigenvalue weighted by molar-refractivity contribution is -0.138. The monoisotopic (exact) mass is 392 g/mol. The molecule has 6 heteroatoms. The Morgan fingerprint density at radius 3 is 2.27 bits per heavy atom. The Labute approximate surface area is 106 Å². The minimum Gasteiger partial charge on any atom is -0.294 e. The summed E-state index contributed by atoms with van der Waals surface area (Å²) in [7, 11) is 0. The van der Waals surface area contributed by atoms with Crippen LogP contribution in [0.2, 0.25) is 0 Å². The Morgan fingerprint density at radius 1 is 1.40 bits per heavy atom. The van der Waals surface area contributed by atoms with Crippen molar-refractivity contribution >= 4 is 44.3 Å². The van der Waals surface area contributed by atoms with E-state index in [1.54, 1.807) is 22.6 Å². The van der Waals surface area contributed by atoms with Crippen LogP contribution >= 0.6 is 38.5 Å². The van der Waals surface area contributed by atoms with E-state index in [1.165, 1.54) is 12.1 Å². The Balaban J connectivity index is 3.60. The molecule has 0 N–H and O–H groups in total. The van der Waals surface area contributed by atoms with Crippen molar-refractivity contribution in [2.24, 2.45) is 0 Å². The van der Waals surface area contributed by atoms with Crippen molar-refractivity contribution in [3.63, 3.8) is 0 Å². The molecule has 0 saturated carbocycles. The Morgan fingerprint density at radius 2 is 1.93 bits per heavy atom. The molecule has 0 aliphatic heterocycles. The molecule has 0 heterocycles. The molecule has 0 atom stereocenters. The Bertz CT molecular complexity index is 415. The van der Waals surface area contributed by atoms with E-state index in [-0.39, 0.29) is 10.0 Å². The van der Waals surface area contributed by atoms with Crippen LogP contribution < -0.4 is 0 Å². The molecule has 0 aliphatic carbocycles. The van der Waals surface area contributed by atoms with Crippen LogP contribution in [0.25, 0.3) is 0 Å². The highest BCUT2D eigenvalue weighted by atomic mass is 127. The molecule has 15 heavy (non-hydrogen) atoms. The first-order chi connectivity index (χ1) is 6.75. The zero-order valence-electron chi connectivity index (χ0n) is 7.45. The maximum absolute atomic E-state index is 12.7.